The first kappa shape index (κ1) is 13.7. The molecule has 4 heteroatoms. The number of hydrogen-bond donors (Lipinski definition) is 1. The zero-order valence-electron chi connectivity index (χ0n) is 11.7. The van der Waals surface area contributed by atoms with E-state index in [0.717, 1.165) is 49.0 Å². The van der Waals surface area contributed by atoms with E-state index >= 15 is 0 Å². The molecule has 4 nitrogen and oxygen atoms in total. The molecular formula is C13H24N4. The number of anilines is 2. The van der Waals surface area contributed by atoms with Crippen molar-refractivity contribution >= 4 is 11.6 Å². The van der Waals surface area contributed by atoms with Crippen molar-refractivity contribution in [1.82, 2.24) is 9.97 Å². The normalized spacial score (nSPS) is 10.4. The molecule has 0 unspecified atom stereocenters. The molecule has 0 aromatic carbocycles. The molecule has 0 fully saturated rings. The van der Waals surface area contributed by atoms with Crippen LogP contribution in [0.15, 0.2) is 0 Å². The van der Waals surface area contributed by atoms with Crippen molar-refractivity contribution < 1.29 is 0 Å². The number of hydrogen-bond acceptors (Lipinski definition) is 4. The molecule has 0 saturated heterocycles. The van der Waals surface area contributed by atoms with E-state index < -0.39 is 0 Å². The summed E-state index contributed by atoms with van der Waals surface area (Å²) >= 11 is 0. The molecule has 0 amide bonds. The second-order valence-electron chi connectivity index (χ2n) is 4.24. The first-order chi connectivity index (χ1) is 8.13. The lowest BCUT2D eigenvalue weighted by molar-refractivity contribution is 0.814. The summed E-state index contributed by atoms with van der Waals surface area (Å²) in [5, 5.41) is 3.31. The molecule has 0 bridgehead atoms. The number of aromatic nitrogens is 2. The Kier molecular flexibility index (Phi) is 5.19. The van der Waals surface area contributed by atoms with Crippen LogP contribution in [-0.4, -0.2) is 30.1 Å². The van der Waals surface area contributed by atoms with Gasteiger partial charge in [-0.05, 0) is 20.3 Å². The predicted molar refractivity (Wildman–Crippen MR) is 73.9 cm³/mol. The van der Waals surface area contributed by atoms with Crippen molar-refractivity contribution in [2.75, 3.05) is 30.4 Å². The van der Waals surface area contributed by atoms with Gasteiger partial charge in [0.25, 0.3) is 0 Å². The van der Waals surface area contributed by atoms with Crippen LogP contribution in [0.1, 0.15) is 38.6 Å². The Labute approximate surface area is 104 Å². The summed E-state index contributed by atoms with van der Waals surface area (Å²) in [6, 6.07) is 0. The second-order valence-corrected chi connectivity index (χ2v) is 4.24. The minimum atomic E-state index is 0.867. The highest BCUT2D eigenvalue weighted by Crippen LogP contribution is 2.23. The zero-order chi connectivity index (χ0) is 12.8. The van der Waals surface area contributed by atoms with Gasteiger partial charge in [-0.2, -0.15) is 0 Å². The van der Waals surface area contributed by atoms with E-state index in [9.17, 15) is 0 Å². The van der Waals surface area contributed by atoms with Crippen LogP contribution in [0.25, 0.3) is 0 Å². The van der Waals surface area contributed by atoms with Crippen LogP contribution >= 0.6 is 0 Å². The molecule has 0 aliphatic carbocycles. The highest BCUT2D eigenvalue weighted by atomic mass is 15.2. The van der Waals surface area contributed by atoms with E-state index in [1.807, 2.05) is 0 Å². The van der Waals surface area contributed by atoms with Gasteiger partial charge in [0.1, 0.15) is 17.5 Å². The van der Waals surface area contributed by atoms with Crippen molar-refractivity contribution in [2.45, 2.75) is 40.5 Å². The summed E-state index contributed by atoms with van der Waals surface area (Å²) in [4.78, 5) is 11.4. The molecule has 0 aliphatic rings. The summed E-state index contributed by atoms with van der Waals surface area (Å²) in [6.45, 7) is 10.3. The Balaban J connectivity index is 3.13. The Bertz CT molecular complexity index is 363. The maximum Gasteiger partial charge on any atom is 0.137 e. The number of aryl methyl sites for hydroxylation is 1. The maximum atomic E-state index is 4.63. The van der Waals surface area contributed by atoms with Crippen molar-refractivity contribution in [3.05, 3.63) is 11.4 Å². The third-order valence-corrected chi connectivity index (χ3v) is 2.75. The van der Waals surface area contributed by atoms with Gasteiger partial charge in [0.2, 0.25) is 0 Å². The van der Waals surface area contributed by atoms with E-state index in [4.69, 9.17) is 0 Å². The van der Waals surface area contributed by atoms with Gasteiger partial charge in [0.15, 0.2) is 0 Å². The number of rotatable bonds is 6. The third kappa shape index (κ3) is 3.32. The molecule has 0 saturated carbocycles. The van der Waals surface area contributed by atoms with Crippen LogP contribution in [-0.2, 0) is 6.42 Å². The quantitative estimate of drug-likeness (QED) is 0.824. The van der Waals surface area contributed by atoms with Gasteiger partial charge < -0.3 is 10.2 Å². The maximum absolute atomic E-state index is 4.63. The fourth-order valence-corrected chi connectivity index (χ4v) is 1.86. The van der Waals surface area contributed by atoms with Crippen molar-refractivity contribution in [2.24, 2.45) is 0 Å². The molecule has 0 aliphatic heterocycles. The Morgan fingerprint density at radius 1 is 1.18 bits per heavy atom. The molecule has 1 aromatic rings. The van der Waals surface area contributed by atoms with E-state index in [1.54, 1.807) is 0 Å². The second kappa shape index (κ2) is 6.42. The minimum absolute atomic E-state index is 0.867. The zero-order valence-corrected chi connectivity index (χ0v) is 11.7. The number of nitrogens with one attached hydrogen (secondary N) is 1. The van der Waals surface area contributed by atoms with Crippen LogP contribution in [0, 0.1) is 6.92 Å². The lowest BCUT2D eigenvalue weighted by atomic mass is 10.2. The molecule has 1 heterocycles. The third-order valence-electron chi connectivity index (χ3n) is 2.75. The standard InChI is InChI=1S/C13H24N4/c1-6-9-17(5)13-10(4)12(14-8-3)15-11(7-2)16-13/h6-9H2,1-5H3,(H,14,15,16). The van der Waals surface area contributed by atoms with Crippen molar-refractivity contribution in [3.63, 3.8) is 0 Å². The van der Waals surface area contributed by atoms with Gasteiger partial charge in [0, 0.05) is 32.1 Å². The molecule has 0 radical (unpaired) electrons. The predicted octanol–water partition coefficient (Wildman–Crippen LogP) is 2.63. The smallest absolute Gasteiger partial charge is 0.137 e. The first-order valence-electron chi connectivity index (χ1n) is 6.46. The molecule has 96 valence electrons. The number of nitrogens with zero attached hydrogens (tertiary/aromatic N) is 3. The highest BCUT2D eigenvalue weighted by Gasteiger charge is 2.12. The fraction of sp³-hybridized carbons (Fsp3) is 0.692. The molecule has 1 rings (SSSR count). The fourth-order valence-electron chi connectivity index (χ4n) is 1.86. The summed E-state index contributed by atoms with van der Waals surface area (Å²) in [5.74, 6) is 2.93. The van der Waals surface area contributed by atoms with Gasteiger partial charge >= 0.3 is 0 Å². The van der Waals surface area contributed by atoms with Crippen molar-refractivity contribution in [3.8, 4) is 0 Å². The van der Waals surface area contributed by atoms with Gasteiger partial charge in [-0.15, -0.1) is 0 Å². The lowest BCUT2D eigenvalue weighted by Gasteiger charge is -2.21. The molecule has 1 aromatic heterocycles. The Morgan fingerprint density at radius 3 is 2.41 bits per heavy atom. The lowest BCUT2D eigenvalue weighted by Crippen LogP contribution is -2.22. The van der Waals surface area contributed by atoms with Gasteiger partial charge in [-0.3, -0.25) is 0 Å². The van der Waals surface area contributed by atoms with Gasteiger partial charge in [0.05, 0.1) is 0 Å². The van der Waals surface area contributed by atoms with E-state index in [0.29, 0.717) is 0 Å². The van der Waals surface area contributed by atoms with Crippen LogP contribution in [0.2, 0.25) is 0 Å². The Morgan fingerprint density at radius 2 is 1.88 bits per heavy atom. The van der Waals surface area contributed by atoms with E-state index in [-0.39, 0.29) is 0 Å². The van der Waals surface area contributed by atoms with Gasteiger partial charge in [-0.1, -0.05) is 13.8 Å². The van der Waals surface area contributed by atoms with E-state index in [1.165, 1.54) is 0 Å². The Hall–Kier alpha value is -1.32. The summed E-state index contributed by atoms with van der Waals surface area (Å²) < 4.78 is 0. The van der Waals surface area contributed by atoms with Crippen LogP contribution < -0.4 is 10.2 Å². The summed E-state index contributed by atoms with van der Waals surface area (Å²) in [5.41, 5.74) is 1.14. The van der Waals surface area contributed by atoms with Crippen molar-refractivity contribution in [1.29, 1.82) is 0 Å². The van der Waals surface area contributed by atoms with Crippen LogP contribution in [0.5, 0.6) is 0 Å². The largest absolute Gasteiger partial charge is 0.370 e. The average molecular weight is 236 g/mol. The first-order valence-corrected chi connectivity index (χ1v) is 6.46. The van der Waals surface area contributed by atoms with Crippen LogP contribution in [0.4, 0.5) is 11.6 Å². The average Bonchev–Trinajstić information content (AvgIpc) is 2.32. The topological polar surface area (TPSA) is 41.1 Å². The molecule has 0 spiro atoms. The summed E-state index contributed by atoms with van der Waals surface area (Å²) in [7, 11) is 2.09. The minimum Gasteiger partial charge on any atom is -0.370 e. The molecule has 0 atom stereocenters. The van der Waals surface area contributed by atoms with E-state index in [2.05, 4.69) is 54.9 Å². The molecule has 17 heavy (non-hydrogen) atoms. The SMILES string of the molecule is CCCN(C)c1nc(CC)nc(NCC)c1C. The molecular weight excluding hydrogens is 212 g/mol. The van der Waals surface area contributed by atoms with Crippen LogP contribution in [0.3, 0.4) is 0 Å². The molecule has 1 N–H and O–H groups in total. The summed E-state index contributed by atoms with van der Waals surface area (Å²) in [6.07, 6.45) is 1.99. The van der Waals surface area contributed by atoms with Gasteiger partial charge in [-0.25, -0.2) is 9.97 Å². The highest BCUT2D eigenvalue weighted by molar-refractivity contribution is 5.58. The monoisotopic (exact) mass is 236 g/mol.